The first-order chi connectivity index (χ1) is 8.79. The van der Waals surface area contributed by atoms with Crippen molar-refractivity contribution in [2.45, 2.75) is 26.2 Å². The van der Waals surface area contributed by atoms with Crippen molar-refractivity contribution in [3.63, 3.8) is 0 Å². The lowest BCUT2D eigenvalue weighted by Crippen LogP contribution is -2.28. The monoisotopic (exact) mass is 249 g/mol. The van der Waals surface area contributed by atoms with Crippen LogP contribution in [0.3, 0.4) is 0 Å². The van der Waals surface area contributed by atoms with E-state index in [9.17, 15) is 4.79 Å². The summed E-state index contributed by atoms with van der Waals surface area (Å²) in [7, 11) is 0. The van der Waals surface area contributed by atoms with Crippen molar-refractivity contribution in [1.82, 2.24) is 5.32 Å². The first kappa shape index (κ1) is 12.7. The summed E-state index contributed by atoms with van der Waals surface area (Å²) in [6.45, 7) is 3.08. The third-order valence-corrected chi connectivity index (χ3v) is 2.99. The minimum Gasteiger partial charge on any atom is -0.492 e. The molecule has 1 aliphatic carbocycles. The van der Waals surface area contributed by atoms with Crippen LogP contribution in [0.15, 0.2) is 18.2 Å². The predicted molar refractivity (Wildman–Crippen MR) is 69.0 cm³/mol. The van der Waals surface area contributed by atoms with Crippen LogP contribution < -0.4 is 10.1 Å². The number of benzene rings is 1. The van der Waals surface area contributed by atoms with E-state index in [1.54, 1.807) is 6.92 Å². The van der Waals surface area contributed by atoms with E-state index in [4.69, 9.17) is 9.47 Å². The molecule has 1 N–H and O–H groups in total. The molecule has 0 aliphatic heterocycles. The molecule has 0 saturated carbocycles. The lowest BCUT2D eigenvalue weighted by Gasteiger charge is -2.09. The van der Waals surface area contributed by atoms with E-state index in [2.05, 4.69) is 17.4 Å². The van der Waals surface area contributed by atoms with Crippen molar-refractivity contribution >= 4 is 6.09 Å². The molecule has 1 aromatic carbocycles. The Morgan fingerprint density at radius 1 is 1.33 bits per heavy atom. The number of hydrogen-bond acceptors (Lipinski definition) is 3. The van der Waals surface area contributed by atoms with Gasteiger partial charge in [-0.15, -0.1) is 0 Å². The van der Waals surface area contributed by atoms with E-state index >= 15 is 0 Å². The molecule has 0 spiro atoms. The maximum atomic E-state index is 11.0. The van der Waals surface area contributed by atoms with Gasteiger partial charge in [0.05, 0.1) is 13.2 Å². The largest absolute Gasteiger partial charge is 0.492 e. The van der Waals surface area contributed by atoms with Crippen LogP contribution in [0, 0.1) is 0 Å². The van der Waals surface area contributed by atoms with Gasteiger partial charge in [-0.25, -0.2) is 4.79 Å². The molecule has 0 heterocycles. The number of fused-ring (bicyclic) bond motifs is 1. The third-order valence-electron chi connectivity index (χ3n) is 2.99. The fourth-order valence-corrected chi connectivity index (χ4v) is 2.14. The lowest BCUT2D eigenvalue weighted by molar-refractivity contribution is 0.150. The first-order valence-electron chi connectivity index (χ1n) is 6.45. The van der Waals surface area contributed by atoms with E-state index in [1.165, 1.54) is 24.0 Å². The van der Waals surface area contributed by atoms with Crippen LogP contribution in [0.4, 0.5) is 4.79 Å². The second-order valence-corrected chi connectivity index (χ2v) is 4.28. The molecule has 18 heavy (non-hydrogen) atoms. The van der Waals surface area contributed by atoms with Crippen LogP contribution in [0.2, 0.25) is 0 Å². The van der Waals surface area contributed by atoms with Gasteiger partial charge in [0.2, 0.25) is 0 Å². The summed E-state index contributed by atoms with van der Waals surface area (Å²) in [5.41, 5.74) is 2.83. The standard InChI is InChI=1S/C14H19NO3/c1-2-17-14(16)15-8-9-18-13-7-6-11-4-3-5-12(11)10-13/h6-7,10H,2-5,8-9H2,1H3,(H,15,16). The smallest absolute Gasteiger partial charge is 0.407 e. The molecule has 98 valence electrons. The number of aryl methyl sites for hydroxylation is 2. The predicted octanol–water partition coefficient (Wildman–Crippen LogP) is 2.30. The highest BCUT2D eigenvalue weighted by molar-refractivity contribution is 5.66. The molecule has 1 aliphatic rings. The Balaban J connectivity index is 1.72. The van der Waals surface area contributed by atoms with Gasteiger partial charge in [-0.1, -0.05) is 6.07 Å². The van der Waals surface area contributed by atoms with E-state index in [0.717, 1.165) is 12.2 Å². The van der Waals surface area contributed by atoms with E-state index in [-0.39, 0.29) is 0 Å². The quantitative estimate of drug-likeness (QED) is 0.814. The van der Waals surface area contributed by atoms with Crippen LogP contribution in [0.25, 0.3) is 0 Å². The second-order valence-electron chi connectivity index (χ2n) is 4.28. The number of ether oxygens (including phenoxy) is 2. The fraction of sp³-hybridized carbons (Fsp3) is 0.500. The van der Waals surface area contributed by atoms with E-state index in [0.29, 0.717) is 19.8 Å². The molecule has 0 unspecified atom stereocenters. The molecule has 0 saturated heterocycles. The minimum absolute atomic E-state index is 0.386. The first-order valence-corrected chi connectivity index (χ1v) is 6.45. The number of nitrogens with one attached hydrogen (secondary N) is 1. The number of alkyl carbamates (subject to hydrolysis) is 1. The molecule has 4 nitrogen and oxygen atoms in total. The molecule has 0 bridgehead atoms. The second kappa shape index (κ2) is 6.28. The van der Waals surface area contributed by atoms with Gasteiger partial charge < -0.3 is 14.8 Å². The molecule has 1 aromatic rings. The molecular weight excluding hydrogens is 230 g/mol. The molecule has 0 aromatic heterocycles. The molecule has 1 amide bonds. The zero-order valence-corrected chi connectivity index (χ0v) is 10.7. The number of hydrogen-bond donors (Lipinski definition) is 1. The van der Waals surface area contributed by atoms with Gasteiger partial charge in [0.1, 0.15) is 12.4 Å². The summed E-state index contributed by atoms with van der Waals surface area (Å²) in [4.78, 5) is 11.0. The Hall–Kier alpha value is -1.71. The normalized spacial score (nSPS) is 12.9. The van der Waals surface area contributed by atoms with Crippen LogP contribution in [-0.2, 0) is 17.6 Å². The minimum atomic E-state index is -0.393. The Bertz CT molecular complexity index is 418. The topological polar surface area (TPSA) is 47.6 Å². The summed E-state index contributed by atoms with van der Waals surface area (Å²) in [5.74, 6) is 0.876. The van der Waals surface area contributed by atoms with Gasteiger partial charge in [0.15, 0.2) is 0 Å². The zero-order valence-electron chi connectivity index (χ0n) is 10.7. The number of amides is 1. The van der Waals surface area contributed by atoms with Crippen LogP contribution in [-0.4, -0.2) is 25.9 Å². The highest BCUT2D eigenvalue weighted by Crippen LogP contribution is 2.25. The van der Waals surface area contributed by atoms with E-state index in [1.807, 2.05) is 6.07 Å². The summed E-state index contributed by atoms with van der Waals surface area (Å²) >= 11 is 0. The summed E-state index contributed by atoms with van der Waals surface area (Å²) in [6, 6.07) is 6.23. The molecule has 2 rings (SSSR count). The third kappa shape index (κ3) is 3.39. The van der Waals surface area contributed by atoms with Crippen molar-refractivity contribution in [1.29, 1.82) is 0 Å². The molecule has 0 radical (unpaired) electrons. The van der Waals surface area contributed by atoms with Gasteiger partial charge >= 0.3 is 6.09 Å². The van der Waals surface area contributed by atoms with Crippen molar-refractivity contribution in [3.05, 3.63) is 29.3 Å². The fourth-order valence-electron chi connectivity index (χ4n) is 2.14. The molecular formula is C14H19NO3. The Morgan fingerprint density at radius 3 is 3.00 bits per heavy atom. The van der Waals surface area contributed by atoms with Gasteiger partial charge in [-0.2, -0.15) is 0 Å². The maximum absolute atomic E-state index is 11.0. The highest BCUT2D eigenvalue weighted by atomic mass is 16.5. The van der Waals surface area contributed by atoms with Gasteiger partial charge in [0.25, 0.3) is 0 Å². The Morgan fingerprint density at radius 2 is 2.17 bits per heavy atom. The average molecular weight is 249 g/mol. The van der Waals surface area contributed by atoms with Crippen LogP contribution in [0.1, 0.15) is 24.5 Å². The van der Waals surface area contributed by atoms with Gasteiger partial charge in [-0.3, -0.25) is 0 Å². The summed E-state index contributed by atoms with van der Waals surface area (Å²) < 4.78 is 10.3. The highest BCUT2D eigenvalue weighted by Gasteiger charge is 2.11. The van der Waals surface area contributed by atoms with Crippen molar-refractivity contribution < 1.29 is 14.3 Å². The Kier molecular flexibility index (Phi) is 4.45. The van der Waals surface area contributed by atoms with Gasteiger partial charge in [0, 0.05) is 0 Å². The van der Waals surface area contributed by atoms with Crippen molar-refractivity contribution in [3.8, 4) is 5.75 Å². The van der Waals surface area contributed by atoms with E-state index < -0.39 is 6.09 Å². The summed E-state index contributed by atoms with van der Waals surface area (Å²) in [6.07, 6.45) is 3.17. The van der Waals surface area contributed by atoms with Crippen molar-refractivity contribution in [2.75, 3.05) is 19.8 Å². The molecule has 0 atom stereocenters. The van der Waals surface area contributed by atoms with Crippen LogP contribution in [0.5, 0.6) is 5.75 Å². The SMILES string of the molecule is CCOC(=O)NCCOc1ccc2c(c1)CCC2. The Labute approximate surface area is 107 Å². The number of carbonyl (C=O) groups is 1. The molecule has 4 heteroatoms. The zero-order chi connectivity index (χ0) is 12.8. The number of rotatable bonds is 5. The number of carbonyl (C=O) groups excluding carboxylic acids is 1. The molecule has 0 fully saturated rings. The maximum Gasteiger partial charge on any atom is 0.407 e. The van der Waals surface area contributed by atoms with Crippen LogP contribution >= 0.6 is 0 Å². The van der Waals surface area contributed by atoms with Gasteiger partial charge in [-0.05, 0) is 49.4 Å². The average Bonchev–Trinajstić information content (AvgIpc) is 2.82. The lowest BCUT2D eigenvalue weighted by atomic mass is 10.1. The van der Waals surface area contributed by atoms with Crippen molar-refractivity contribution in [2.24, 2.45) is 0 Å². The summed E-state index contributed by atoms with van der Waals surface area (Å²) in [5, 5.41) is 2.62.